The number of benzene rings is 1. The van der Waals surface area contributed by atoms with Crippen LogP contribution in [0.5, 0.6) is 0 Å². The van der Waals surface area contributed by atoms with Crippen molar-refractivity contribution in [2.24, 2.45) is 5.73 Å². The molecule has 110 valence electrons. The third-order valence-electron chi connectivity index (χ3n) is 2.88. The molecule has 0 saturated heterocycles. The molecule has 0 aliphatic heterocycles. The second kappa shape index (κ2) is 5.04. The van der Waals surface area contributed by atoms with Gasteiger partial charge in [0.05, 0.1) is 6.04 Å². The van der Waals surface area contributed by atoms with Crippen molar-refractivity contribution in [3.8, 4) is 0 Å². The van der Waals surface area contributed by atoms with Crippen LogP contribution in [0, 0.1) is 5.82 Å². The van der Waals surface area contributed by atoms with E-state index in [9.17, 15) is 17.6 Å². The summed E-state index contributed by atoms with van der Waals surface area (Å²) in [5.41, 5.74) is 5.99. The number of thiazole rings is 1. The van der Waals surface area contributed by atoms with Crippen molar-refractivity contribution in [3.63, 3.8) is 0 Å². The Labute approximate surface area is 124 Å². The molecule has 0 amide bonds. The average Bonchev–Trinajstić information content (AvgIpc) is 3.03. The van der Waals surface area contributed by atoms with Crippen molar-refractivity contribution < 1.29 is 17.6 Å². The highest BCUT2D eigenvalue weighted by Crippen LogP contribution is 2.38. The van der Waals surface area contributed by atoms with Crippen LogP contribution in [-0.4, -0.2) is 4.98 Å². The van der Waals surface area contributed by atoms with Gasteiger partial charge in [0.2, 0.25) is 0 Å². The molecule has 3 aromatic rings. The number of halogens is 4. The lowest BCUT2D eigenvalue weighted by molar-refractivity contribution is -0.137. The minimum atomic E-state index is -4.47. The molecule has 0 spiro atoms. The van der Waals surface area contributed by atoms with Crippen LogP contribution in [0.4, 0.5) is 17.6 Å². The van der Waals surface area contributed by atoms with Crippen molar-refractivity contribution in [1.82, 2.24) is 4.98 Å². The molecule has 3 rings (SSSR count). The van der Waals surface area contributed by atoms with E-state index < -0.39 is 17.2 Å². The van der Waals surface area contributed by atoms with Crippen LogP contribution in [0.3, 0.4) is 0 Å². The van der Waals surface area contributed by atoms with Gasteiger partial charge in [-0.15, -0.1) is 22.7 Å². The summed E-state index contributed by atoms with van der Waals surface area (Å²) < 4.78 is 51.6. The standard InChI is InChI=1S/C13H8F4N2S2/c14-7-1-2-8-6(3-7)4-9(20-8)11(18)10-5-19-12(21-10)13(15,16)17/h1-5,11H,18H2. The molecule has 0 aliphatic rings. The normalized spacial score (nSPS) is 13.8. The molecule has 0 fully saturated rings. The summed E-state index contributed by atoms with van der Waals surface area (Å²) in [5, 5.41) is -0.230. The highest BCUT2D eigenvalue weighted by Gasteiger charge is 2.35. The number of alkyl halides is 3. The number of fused-ring (bicyclic) bond motifs is 1. The molecule has 1 aromatic carbocycles. The molecular formula is C13H8F4N2S2. The fourth-order valence-electron chi connectivity index (χ4n) is 1.89. The maximum absolute atomic E-state index is 13.1. The molecule has 21 heavy (non-hydrogen) atoms. The summed E-state index contributed by atoms with van der Waals surface area (Å²) in [6, 6.07) is 5.33. The van der Waals surface area contributed by atoms with E-state index >= 15 is 0 Å². The zero-order valence-corrected chi connectivity index (χ0v) is 12.0. The third kappa shape index (κ3) is 2.78. The molecule has 2 nitrogen and oxygen atoms in total. The van der Waals surface area contributed by atoms with E-state index in [-0.39, 0.29) is 5.82 Å². The maximum Gasteiger partial charge on any atom is 0.443 e. The molecular weight excluding hydrogens is 324 g/mol. The molecule has 0 bridgehead atoms. The van der Waals surface area contributed by atoms with E-state index in [1.807, 2.05) is 0 Å². The first-order chi connectivity index (χ1) is 9.84. The summed E-state index contributed by atoms with van der Waals surface area (Å²) in [6.07, 6.45) is -3.32. The number of nitrogens with two attached hydrogens (primary N) is 1. The van der Waals surface area contributed by atoms with Crippen LogP contribution in [0.2, 0.25) is 0 Å². The van der Waals surface area contributed by atoms with E-state index in [1.165, 1.54) is 23.5 Å². The van der Waals surface area contributed by atoms with Crippen molar-refractivity contribution >= 4 is 32.8 Å². The van der Waals surface area contributed by atoms with E-state index in [1.54, 1.807) is 12.1 Å². The van der Waals surface area contributed by atoms with Crippen LogP contribution in [0.1, 0.15) is 20.8 Å². The predicted octanol–water partition coefficient (Wildman–Crippen LogP) is 4.56. The molecule has 0 saturated carbocycles. The van der Waals surface area contributed by atoms with Gasteiger partial charge < -0.3 is 5.73 Å². The summed E-state index contributed by atoms with van der Waals surface area (Å²) >= 11 is 1.86. The zero-order chi connectivity index (χ0) is 15.2. The minimum absolute atomic E-state index is 0.328. The van der Waals surface area contributed by atoms with E-state index in [4.69, 9.17) is 5.73 Å². The molecule has 1 atom stereocenters. The number of aromatic nitrogens is 1. The van der Waals surface area contributed by atoms with Gasteiger partial charge in [0.25, 0.3) is 0 Å². The quantitative estimate of drug-likeness (QED) is 0.699. The summed E-state index contributed by atoms with van der Waals surface area (Å²) in [4.78, 5) is 4.36. The van der Waals surface area contributed by atoms with Crippen molar-refractivity contribution in [3.05, 3.63) is 51.0 Å². The predicted molar refractivity (Wildman–Crippen MR) is 74.9 cm³/mol. The Morgan fingerprint density at radius 1 is 1.10 bits per heavy atom. The lowest BCUT2D eigenvalue weighted by atomic mass is 10.2. The van der Waals surface area contributed by atoms with Crippen LogP contribution < -0.4 is 5.73 Å². The van der Waals surface area contributed by atoms with Gasteiger partial charge in [-0.2, -0.15) is 13.2 Å². The van der Waals surface area contributed by atoms with Gasteiger partial charge in [-0.3, -0.25) is 0 Å². The number of rotatable bonds is 2. The first kappa shape index (κ1) is 14.4. The number of hydrogen-bond acceptors (Lipinski definition) is 4. The molecule has 2 heterocycles. The first-order valence-electron chi connectivity index (χ1n) is 5.82. The Balaban J connectivity index is 1.96. The van der Waals surface area contributed by atoms with Gasteiger partial charge in [0.15, 0.2) is 5.01 Å². The number of thiophene rings is 1. The number of hydrogen-bond donors (Lipinski definition) is 1. The Bertz CT molecular complexity index is 791. The highest BCUT2D eigenvalue weighted by molar-refractivity contribution is 7.19. The maximum atomic E-state index is 13.1. The Kier molecular flexibility index (Phi) is 3.46. The fraction of sp³-hybridized carbons (Fsp3) is 0.154. The molecule has 8 heteroatoms. The monoisotopic (exact) mass is 332 g/mol. The summed E-state index contributed by atoms with van der Waals surface area (Å²) in [6.45, 7) is 0. The van der Waals surface area contributed by atoms with Gasteiger partial charge >= 0.3 is 6.18 Å². The summed E-state index contributed by atoms with van der Waals surface area (Å²) in [7, 11) is 0. The van der Waals surface area contributed by atoms with Crippen molar-refractivity contribution in [1.29, 1.82) is 0 Å². The topological polar surface area (TPSA) is 38.9 Å². The van der Waals surface area contributed by atoms with Gasteiger partial charge in [-0.25, -0.2) is 9.37 Å². The van der Waals surface area contributed by atoms with E-state index in [0.29, 0.717) is 26.5 Å². The highest BCUT2D eigenvalue weighted by atomic mass is 32.1. The second-order valence-corrected chi connectivity index (χ2v) is 6.55. The van der Waals surface area contributed by atoms with Crippen molar-refractivity contribution in [2.75, 3.05) is 0 Å². The largest absolute Gasteiger partial charge is 0.443 e. The van der Waals surface area contributed by atoms with E-state index in [0.717, 1.165) is 10.9 Å². The summed E-state index contributed by atoms with van der Waals surface area (Å²) in [5.74, 6) is -0.363. The number of nitrogens with zero attached hydrogens (tertiary/aromatic N) is 1. The van der Waals surface area contributed by atoms with Gasteiger partial charge in [0.1, 0.15) is 5.82 Å². The molecule has 2 aromatic heterocycles. The van der Waals surface area contributed by atoms with E-state index in [2.05, 4.69) is 4.98 Å². The average molecular weight is 332 g/mol. The molecule has 0 aliphatic carbocycles. The SMILES string of the molecule is NC(c1cnc(C(F)(F)F)s1)c1cc2cc(F)ccc2s1. The molecule has 2 N–H and O–H groups in total. The first-order valence-corrected chi connectivity index (χ1v) is 7.45. The Morgan fingerprint density at radius 2 is 1.86 bits per heavy atom. The van der Waals surface area contributed by atoms with Crippen molar-refractivity contribution in [2.45, 2.75) is 12.2 Å². The van der Waals surface area contributed by atoms with Gasteiger partial charge in [-0.05, 0) is 29.7 Å². The molecule has 1 unspecified atom stereocenters. The minimum Gasteiger partial charge on any atom is -0.319 e. The third-order valence-corrected chi connectivity index (χ3v) is 5.20. The lowest BCUT2D eigenvalue weighted by Gasteiger charge is -2.05. The second-order valence-electron chi connectivity index (χ2n) is 4.37. The molecule has 0 radical (unpaired) electrons. The smallest absolute Gasteiger partial charge is 0.319 e. The van der Waals surface area contributed by atoms with Crippen LogP contribution >= 0.6 is 22.7 Å². The Hall–Kier alpha value is -1.51. The fourth-order valence-corrected chi connectivity index (χ4v) is 3.83. The van der Waals surface area contributed by atoms with Gasteiger partial charge in [0, 0.05) is 20.7 Å². The zero-order valence-electron chi connectivity index (χ0n) is 10.3. The van der Waals surface area contributed by atoms with Crippen LogP contribution in [0.25, 0.3) is 10.1 Å². The van der Waals surface area contributed by atoms with Gasteiger partial charge in [-0.1, -0.05) is 0 Å². The van der Waals surface area contributed by atoms with Crippen LogP contribution in [0.15, 0.2) is 30.5 Å². The Morgan fingerprint density at radius 3 is 2.52 bits per heavy atom. The lowest BCUT2D eigenvalue weighted by Crippen LogP contribution is -2.08. The van der Waals surface area contributed by atoms with Crippen LogP contribution in [-0.2, 0) is 6.18 Å².